The van der Waals surface area contributed by atoms with Crippen LogP contribution in [-0.4, -0.2) is 119 Å². The van der Waals surface area contributed by atoms with Gasteiger partial charge in [0.25, 0.3) is 21.5 Å². The molecule has 0 aromatic heterocycles. The summed E-state index contributed by atoms with van der Waals surface area (Å²) in [6.45, 7) is 1.11. The van der Waals surface area contributed by atoms with Gasteiger partial charge in [-0.1, -0.05) is 84.2 Å². The van der Waals surface area contributed by atoms with Crippen molar-refractivity contribution in [1.82, 2.24) is 9.80 Å². The van der Waals surface area contributed by atoms with Crippen LogP contribution in [0.5, 0.6) is 0 Å². The third-order valence-corrected chi connectivity index (χ3v) is 11.5. The Morgan fingerprint density at radius 3 is 1.40 bits per heavy atom. The minimum absolute atomic E-state index is 0.0727. The molecular formula is C42H44N8O8S2. The van der Waals surface area contributed by atoms with Gasteiger partial charge in [-0.3, -0.25) is 30.2 Å². The lowest BCUT2D eigenvalue weighted by molar-refractivity contribution is -0.385. The van der Waals surface area contributed by atoms with Crippen LogP contribution in [0.2, 0.25) is 0 Å². The van der Waals surface area contributed by atoms with Crippen LogP contribution in [0.3, 0.4) is 0 Å². The highest BCUT2D eigenvalue weighted by Gasteiger charge is 2.40. The van der Waals surface area contributed by atoms with E-state index in [-0.39, 0.29) is 24.5 Å². The van der Waals surface area contributed by atoms with E-state index in [9.17, 15) is 29.8 Å². The van der Waals surface area contributed by atoms with Gasteiger partial charge in [-0.2, -0.15) is 0 Å². The van der Waals surface area contributed by atoms with Gasteiger partial charge in [0.05, 0.1) is 21.3 Å². The largest absolute Gasteiger partial charge is 0.424 e. The third kappa shape index (κ3) is 10.9. The van der Waals surface area contributed by atoms with Crippen LogP contribution in [0.4, 0.5) is 22.7 Å². The number of carbonyl (C=O) groups excluding carboxylic acids is 2. The van der Waals surface area contributed by atoms with Crippen LogP contribution in [-0.2, 0) is 19.1 Å². The molecule has 4 aromatic carbocycles. The number of nitro groups is 2. The summed E-state index contributed by atoms with van der Waals surface area (Å²) in [4.78, 5) is 63.8. The van der Waals surface area contributed by atoms with Gasteiger partial charge in [-0.15, -0.1) is 0 Å². The molecule has 60 heavy (non-hydrogen) atoms. The predicted octanol–water partition coefficient (Wildman–Crippen LogP) is 6.27. The number of anilines is 2. The highest BCUT2D eigenvalue weighted by atomic mass is 32.2. The molecule has 18 heteroatoms. The molecule has 0 radical (unpaired) electrons. The molecule has 0 bridgehead atoms. The van der Waals surface area contributed by atoms with Crippen molar-refractivity contribution >= 4 is 69.6 Å². The van der Waals surface area contributed by atoms with Gasteiger partial charge >= 0.3 is 11.9 Å². The first kappa shape index (κ1) is 43.5. The first-order valence-corrected chi connectivity index (χ1v) is 20.8. The van der Waals surface area contributed by atoms with Gasteiger partial charge in [0.2, 0.25) is 0 Å². The molecule has 2 atom stereocenters. The van der Waals surface area contributed by atoms with Crippen LogP contribution in [0.15, 0.2) is 119 Å². The van der Waals surface area contributed by atoms with Crippen LogP contribution < -0.4 is 10.6 Å². The van der Waals surface area contributed by atoms with Crippen molar-refractivity contribution in [3.05, 3.63) is 152 Å². The molecule has 2 aliphatic rings. The zero-order valence-corrected chi connectivity index (χ0v) is 35.0. The fourth-order valence-electron chi connectivity index (χ4n) is 6.27. The summed E-state index contributed by atoms with van der Waals surface area (Å²) < 4.78 is 12.3. The monoisotopic (exact) mass is 852 g/mol. The fraction of sp³-hybridized carbons (Fsp3) is 0.286. The number of nitrogens with zero attached hydrogens (tertiary/aromatic N) is 6. The topological polar surface area (TPSA) is 194 Å². The second kappa shape index (κ2) is 19.3. The molecule has 0 aliphatic carbocycles. The van der Waals surface area contributed by atoms with E-state index in [0.29, 0.717) is 58.5 Å². The highest BCUT2D eigenvalue weighted by Crippen LogP contribution is 2.38. The molecule has 0 amide bonds. The minimum Gasteiger partial charge on any atom is -0.424 e. The lowest BCUT2D eigenvalue weighted by Crippen LogP contribution is -2.43. The Morgan fingerprint density at radius 2 is 1.05 bits per heavy atom. The van der Waals surface area contributed by atoms with E-state index in [0.717, 1.165) is 23.3 Å². The summed E-state index contributed by atoms with van der Waals surface area (Å²) in [5.74, 6) is -0.731. The number of thioether (sulfide) groups is 2. The van der Waals surface area contributed by atoms with Gasteiger partial charge in [-0.05, 0) is 40.3 Å². The van der Waals surface area contributed by atoms with Crippen LogP contribution in [0, 0.1) is 20.2 Å². The summed E-state index contributed by atoms with van der Waals surface area (Å²) >= 11 is 2.59. The summed E-state index contributed by atoms with van der Waals surface area (Å²) in [6.07, 6.45) is 1.96. The molecule has 16 nitrogen and oxygen atoms in total. The van der Waals surface area contributed by atoms with Crippen LogP contribution in [0.1, 0.15) is 22.3 Å². The number of hydrogen-bond acceptors (Lipinski definition) is 16. The first-order valence-electron chi connectivity index (χ1n) is 18.8. The van der Waals surface area contributed by atoms with E-state index in [1.165, 1.54) is 47.8 Å². The molecule has 0 saturated carbocycles. The maximum Gasteiger partial charge on any atom is 0.333 e. The van der Waals surface area contributed by atoms with Crippen molar-refractivity contribution in [1.29, 1.82) is 0 Å². The van der Waals surface area contributed by atoms with Crippen molar-refractivity contribution in [2.24, 2.45) is 9.98 Å². The van der Waals surface area contributed by atoms with Crippen LogP contribution in [0.25, 0.3) is 0 Å². The molecule has 0 fully saturated rings. The second-order valence-corrected chi connectivity index (χ2v) is 17.0. The SMILES string of the molecule is CN(C)CCSC1(OC(=O)/C=C\C(=O)OC2(SCCN(C)C)CN=C(c3ccccc3)c3cc([N+](=O)[O-])ccc3N2)CN=C(c2ccccc2)c2cc([N+](=O)[O-])ccc2N1. The molecular weight excluding hydrogens is 809 g/mol. The number of benzodiazepines with no additional fused rings is 2. The molecule has 0 spiro atoms. The van der Waals surface area contributed by atoms with E-state index in [4.69, 9.17) is 19.5 Å². The molecule has 2 unspecified atom stereocenters. The van der Waals surface area contributed by atoms with Gasteiger partial charge in [0, 0.05) is 94.6 Å². The third-order valence-electron chi connectivity index (χ3n) is 9.21. The second-order valence-electron chi connectivity index (χ2n) is 14.3. The number of rotatable bonds is 16. The quantitative estimate of drug-likeness (QED) is 0.0421. The number of ether oxygens (including phenoxy) is 2. The van der Waals surface area contributed by atoms with E-state index >= 15 is 0 Å². The fourth-order valence-corrected chi connectivity index (χ4v) is 8.80. The number of carbonyl (C=O) groups is 2. The number of esters is 2. The zero-order valence-electron chi connectivity index (χ0n) is 33.4. The van der Waals surface area contributed by atoms with Crippen molar-refractivity contribution in [3.8, 4) is 0 Å². The summed E-state index contributed by atoms with van der Waals surface area (Å²) in [6, 6.07) is 27.2. The number of nitrogens with one attached hydrogen (secondary N) is 2. The molecule has 312 valence electrons. The van der Waals surface area contributed by atoms with Crippen molar-refractivity contribution < 1.29 is 28.9 Å². The van der Waals surface area contributed by atoms with E-state index < -0.39 is 31.9 Å². The maximum atomic E-state index is 13.7. The minimum atomic E-state index is -1.48. The summed E-state index contributed by atoms with van der Waals surface area (Å²) in [7, 11) is 7.66. The average molecular weight is 853 g/mol. The zero-order chi connectivity index (χ0) is 42.9. The molecule has 6 rings (SSSR count). The molecule has 2 aliphatic heterocycles. The Labute approximate surface area is 355 Å². The first-order chi connectivity index (χ1) is 28.8. The van der Waals surface area contributed by atoms with E-state index in [2.05, 4.69) is 10.6 Å². The van der Waals surface area contributed by atoms with Gasteiger partial charge in [0.1, 0.15) is 13.1 Å². The molecule has 2 heterocycles. The van der Waals surface area contributed by atoms with Gasteiger partial charge in [-0.25, -0.2) is 9.59 Å². The van der Waals surface area contributed by atoms with Crippen molar-refractivity contribution in [2.45, 2.75) is 10.1 Å². The Hall–Kier alpha value is -6.08. The van der Waals surface area contributed by atoms with Gasteiger partial charge < -0.3 is 29.9 Å². The molecule has 2 N–H and O–H groups in total. The lowest BCUT2D eigenvalue weighted by Gasteiger charge is -2.33. The number of benzene rings is 4. The Morgan fingerprint density at radius 1 is 0.667 bits per heavy atom. The average Bonchev–Trinajstić information content (AvgIpc) is 3.47. The maximum absolute atomic E-state index is 13.7. The van der Waals surface area contributed by atoms with E-state index in [1.54, 1.807) is 12.1 Å². The van der Waals surface area contributed by atoms with E-state index in [1.807, 2.05) is 98.7 Å². The Balaban J connectivity index is 1.29. The normalized spacial score (nSPS) is 18.5. The Bertz CT molecular complexity index is 2170. The lowest BCUT2D eigenvalue weighted by atomic mass is 10.00. The smallest absolute Gasteiger partial charge is 0.333 e. The number of aliphatic imine (C=N–C) groups is 2. The highest BCUT2D eigenvalue weighted by molar-refractivity contribution is 8.00. The molecule has 4 aromatic rings. The Kier molecular flexibility index (Phi) is 14.0. The summed E-state index contributed by atoms with van der Waals surface area (Å²) in [5.41, 5.74) is 3.99. The van der Waals surface area contributed by atoms with Gasteiger partial charge in [0.15, 0.2) is 0 Å². The van der Waals surface area contributed by atoms with Crippen molar-refractivity contribution in [2.75, 3.05) is 76.5 Å². The van der Waals surface area contributed by atoms with Crippen molar-refractivity contribution in [3.63, 3.8) is 0 Å². The molecule has 0 saturated heterocycles. The number of fused-ring (bicyclic) bond motifs is 2. The summed E-state index contributed by atoms with van der Waals surface area (Å²) in [5, 5.41) is 27.3. The number of hydrogen-bond donors (Lipinski definition) is 2. The predicted molar refractivity (Wildman–Crippen MR) is 236 cm³/mol. The number of nitro benzene ring substituents is 2. The number of non-ortho nitro benzene ring substituents is 2. The standard InChI is InChI=1S/C42H44N8O8S2/c1-47(2)21-23-59-41(27-43-39(29-11-7-5-8-12-29)33-25-31(49(53)54)15-17-35(33)45-41)57-37(51)19-20-38(52)58-42(60-24-22-48(3)4)28-44-40(30-13-9-6-10-14-30)34-26-32(50(55)56)16-18-36(34)46-42/h5-20,25-26,45-46H,21-24,27-28H2,1-4H3/b20-19-. The van der Waals surface area contributed by atoms with Crippen LogP contribution >= 0.6 is 23.5 Å².